The minimum atomic E-state index is -0.744. The van der Waals surface area contributed by atoms with Gasteiger partial charge in [0.25, 0.3) is 0 Å². The molecule has 0 spiro atoms. The Kier molecular flexibility index (Phi) is 2.28. The molecule has 0 aromatic heterocycles. The van der Waals surface area contributed by atoms with Crippen molar-refractivity contribution < 1.29 is 10.1 Å². The molecule has 0 saturated heterocycles. The van der Waals surface area contributed by atoms with Gasteiger partial charge in [-0.2, -0.15) is 0 Å². The largest absolute Gasteiger partial charge is 0.301 e. The van der Waals surface area contributed by atoms with Gasteiger partial charge in [0.05, 0.1) is 0 Å². The maximum Gasteiger partial charge on any atom is 0.151 e. The Bertz CT molecular complexity index is 108. The van der Waals surface area contributed by atoms with Crippen molar-refractivity contribution in [3.8, 4) is 0 Å². The highest BCUT2D eigenvalue weighted by molar-refractivity contribution is 4.79. The van der Waals surface area contributed by atoms with Gasteiger partial charge in [0.15, 0.2) is 5.72 Å². The van der Waals surface area contributed by atoms with Crippen molar-refractivity contribution in [3.05, 3.63) is 0 Å². The normalized spacial score (nSPS) is 41.7. The molecular weight excluding hydrogens is 130 g/mol. The molecule has 3 heteroatoms. The second-order valence-corrected chi connectivity index (χ2v) is 3.34. The van der Waals surface area contributed by atoms with Crippen LogP contribution in [0.15, 0.2) is 0 Å². The Morgan fingerprint density at radius 1 is 1.50 bits per heavy atom. The van der Waals surface area contributed by atoms with Crippen LogP contribution in [-0.2, 0) is 4.89 Å². The predicted molar refractivity (Wildman–Crippen MR) is 38.3 cm³/mol. The third-order valence-corrected chi connectivity index (χ3v) is 2.30. The molecule has 0 aromatic rings. The van der Waals surface area contributed by atoms with Crippen molar-refractivity contribution in [2.24, 2.45) is 11.7 Å². The quantitative estimate of drug-likeness (QED) is 0.332. The van der Waals surface area contributed by atoms with E-state index in [0.717, 1.165) is 31.6 Å². The zero-order valence-corrected chi connectivity index (χ0v) is 6.34. The average molecular weight is 145 g/mol. The second kappa shape index (κ2) is 2.86. The van der Waals surface area contributed by atoms with E-state index in [9.17, 15) is 0 Å². The van der Waals surface area contributed by atoms with Gasteiger partial charge < -0.3 is 5.73 Å². The number of rotatable bonds is 1. The Balaban J connectivity index is 2.38. The molecule has 60 valence electrons. The fraction of sp³-hybridized carbons (Fsp3) is 1.00. The molecule has 0 unspecified atom stereocenters. The van der Waals surface area contributed by atoms with Crippen LogP contribution in [-0.4, -0.2) is 11.0 Å². The van der Waals surface area contributed by atoms with Gasteiger partial charge in [-0.05, 0) is 31.6 Å². The number of nitrogens with two attached hydrogens (primary N) is 1. The first kappa shape index (κ1) is 7.98. The first-order chi connectivity index (χ1) is 4.66. The monoisotopic (exact) mass is 145 g/mol. The first-order valence-corrected chi connectivity index (χ1v) is 3.78. The zero-order chi connectivity index (χ0) is 7.61. The van der Waals surface area contributed by atoms with Crippen LogP contribution in [0.3, 0.4) is 0 Å². The molecule has 1 aliphatic carbocycles. The van der Waals surface area contributed by atoms with E-state index in [0.29, 0.717) is 0 Å². The molecule has 1 aliphatic rings. The van der Waals surface area contributed by atoms with Gasteiger partial charge in [0, 0.05) is 0 Å². The van der Waals surface area contributed by atoms with Crippen LogP contribution in [0.25, 0.3) is 0 Å². The highest BCUT2D eigenvalue weighted by Gasteiger charge is 2.31. The molecule has 0 radical (unpaired) electrons. The van der Waals surface area contributed by atoms with E-state index < -0.39 is 5.72 Å². The molecule has 0 amide bonds. The van der Waals surface area contributed by atoms with Gasteiger partial charge in [-0.25, -0.2) is 10.1 Å². The van der Waals surface area contributed by atoms with Gasteiger partial charge in [-0.1, -0.05) is 6.92 Å². The lowest BCUT2D eigenvalue weighted by Gasteiger charge is -2.32. The lowest BCUT2D eigenvalue weighted by atomic mass is 9.85. The summed E-state index contributed by atoms with van der Waals surface area (Å²) < 4.78 is 0. The smallest absolute Gasteiger partial charge is 0.151 e. The zero-order valence-electron chi connectivity index (χ0n) is 6.34. The minimum Gasteiger partial charge on any atom is -0.301 e. The van der Waals surface area contributed by atoms with E-state index >= 15 is 0 Å². The fourth-order valence-corrected chi connectivity index (χ4v) is 1.34. The Morgan fingerprint density at radius 3 is 2.40 bits per heavy atom. The van der Waals surface area contributed by atoms with Crippen molar-refractivity contribution in [2.75, 3.05) is 0 Å². The van der Waals surface area contributed by atoms with Crippen LogP contribution in [0.5, 0.6) is 0 Å². The van der Waals surface area contributed by atoms with Gasteiger partial charge in [-0.3, -0.25) is 0 Å². The van der Waals surface area contributed by atoms with Gasteiger partial charge in [0.1, 0.15) is 0 Å². The van der Waals surface area contributed by atoms with Crippen LogP contribution in [0, 0.1) is 5.92 Å². The van der Waals surface area contributed by atoms with Gasteiger partial charge >= 0.3 is 0 Å². The van der Waals surface area contributed by atoms with Crippen LogP contribution in [0.1, 0.15) is 32.6 Å². The van der Waals surface area contributed by atoms with E-state index in [1.807, 2.05) is 0 Å². The number of hydrogen-bond acceptors (Lipinski definition) is 3. The summed E-state index contributed by atoms with van der Waals surface area (Å²) in [4.78, 5) is 4.20. The molecule has 1 saturated carbocycles. The highest BCUT2D eigenvalue weighted by Crippen LogP contribution is 2.29. The third-order valence-electron chi connectivity index (χ3n) is 2.30. The Labute approximate surface area is 61.1 Å². The van der Waals surface area contributed by atoms with E-state index in [2.05, 4.69) is 11.8 Å². The van der Waals surface area contributed by atoms with Crippen molar-refractivity contribution in [2.45, 2.75) is 38.3 Å². The second-order valence-electron chi connectivity index (χ2n) is 3.34. The van der Waals surface area contributed by atoms with Crippen LogP contribution < -0.4 is 5.73 Å². The minimum absolute atomic E-state index is 0.729. The molecular formula is C7H15NO2. The summed E-state index contributed by atoms with van der Waals surface area (Å²) >= 11 is 0. The van der Waals surface area contributed by atoms with E-state index in [4.69, 9.17) is 11.0 Å². The van der Waals surface area contributed by atoms with E-state index in [-0.39, 0.29) is 0 Å². The fourth-order valence-electron chi connectivity index (χ4n) is 1.34. The molecule has 0 bridgehead atoms. The third kappa shape index (κ3) is 1.68. The molecule has 1 fully saturated rings. The summed E-state index contributed by atoms with van der Waals surface area (Å²) in [5, 5.41) is 8.41. The predicted octanol–water partition coefficient (Wildman–Crippen LogP) is 1.34. The lowest BCUT2D eigenvalue weighted by molar-refractivity contribution is -0.330. The number of hydrogen-bond donors (Lipinski definition) is 2. The van der Waals surface area contributed by atoms with Crippen molar-refractivity contribution >= 4 is 0 Å². The maximum atomic E-state index is 8.41. The van der Waals surface area contributed by atoms with Crippen molar-refractivity contribution in [3.63, 3.8) is 0 Å². The topological polar surface area (TPSA) is 55.5 Å². The molecule has 0 atom stereocenters. The molecule has 0 heterocycles. The summed E-state index contributed by atoms with van der Waals surface area (Å²) in [7, 11) is 0. The maximum absolute atomic E-state index is 8.41. The molecule has 10 heavy (non-hydrogen) atoms. The first-order valence-electron chi connectivity index (χ1n) is 3.78. The molecule has 1 rings (SSSR count). The summed E-state index contributed by atoms with van der Waals surface area (Å²) in [5.74, 6) is 0.729. The average Bonchev–Trinajstić information content (AvgIpc) is 1.96. The van der Waals surface area contributed by atoms with Crippen molar-refractivity contribution in [1.82, 2.24) is 0 Å². The molecule has 3 N–H and O–H groups in total. The highest BCUT2D eigenvalue weighted by atomic mass is 17.1. The van der Waals surface area contributed by atoms with Gasteiger partial charge in [-0.15, -0.1) is 0 Å². The molecule has 3 nitrogen and oxygen atoms in total. The summed E-state index contributed by atoms with van der Waals surface area (Å²) in [6.07, 6.45) is 3.64. The van der Waals surface area contributed by atoms with Crippen LogP contribution in [0.4, 0.5) is 0 Å². The van der Waals surface area contributed by atoms with E-state index in [1.54, 1.807) is 0 Å². The van der Waals surface area contributed by atoms with Crippen LogP contribution >= 0.6 is 0 Å². The Hall–Kier alpha value is -0.120. The summed E-state index contributed by atoms with van der Waals surface area (Å²) in [6.45, 7) is 2.19. The SMILES string of the molecule is CC1CCC(N)(OO)CC1. The summed E-state index contributed by atoms with van der Waals surface area (Å²) in [5.41, 5.74) is 4.90. The van der Waals surface area contributed by atoms with E-state index in [1.165, 1.54) is 0 Å². The standard InChI is InChI=1S/C7H15NO2/c1-6-2-4-7(8,10-9)5-3-6/h6,9H,2-5,8H2,1H3. The summed E-state index contributed by atoms with van der Waals surface area (Å²) in [6, 6.07) is 0. The lowest BCUT2D eigenvalue weighted by Crippen LogP contribution is -2.44. The molecule has 0 aromatic carbocycles. The van der Waals surface area contributed by atoms with Gasteiger partial charge in [0.2, 0.25) is 0 Å². The molecule has 0 aliphatic heterocycles. The Morgan fingerprint density at radius 2 is 2.00 bits per heavy atom. The van der Waals surface area contributed by atoms with Crippen molar-refractivity contribution in [1.29, 1.82) is 0 Å². The van der Waals surface area contributed by atoms with Crippen LogP contribution in [0.2, 0.25) is 0 Å².